The minimum Gasteiger partial charge on any atom is -0.400 e. The molecule has 0 spiro atoms. The van der Waals surface area contributed by atoms with Crippen LogP contribution in [-0.2, 0) is 9.47 Å². The zero-order valence-corrected chi connectivity index (χ0v) is 9.11. The van der Waals surface area contributed by atoms with Gasteiger partial charge < -0.3 is 14.4 Å². The Bertz CT molecular complexity index is 230. The van der Waals surface area contributed by atoms with Crippen LogP contribution in [0.1, 0.15) is 6.92 Å². The molecular weight excluding hydrogens is 187 g/mol. The van der Waals surface area contributed by atoms with Crippen molar-refractivity contribution in [2.24, 2.45) is 0 Å². The van der Waals surface area contributed by atoms with Gasteiger partial charge in [0.1, 0.15) is 0 Å². The fourth-order valence-corrected chi connectivity index (χ4v) is 1.40. The predicted molar refractivity (Wildman–Crippen MR) is 62.1 cm³/mol. The molecule has 1 fully saturated rings. The van der Waals surface area contributed by atoms with Crippen LogP contribution in [0.4, 0.5) is 0 Å². The van der Waals surface area contributed by atoms with Crippen molar-refractivity contribution >= 4 is 23.5 Å². The first-order valence-electron chi connectivity index (χ1n) is 4.91. The summed E-state index contributed by atoms with van der Waals surface area (Å²) in [4.78, 5) is 2.13. The molecule has 1 atom stereocenters. The highest BCUT2D eigenvalue weighted by Crippen LogP contribution is 2.11. The van der Waals surface area contributed by atoms with Crippen LogP contribution < -0.4 is 0 Å². The first-order valence-corrected chi connectivity index (χ1v) is 4.91. The third-order valence-corrected chi connectivity index (χ3v) is 2.20. The summed E-state index contributed by atoms with van der Waals surface area (Å²) in [6.45, 7) is 8.35. The molecule has 0 aromatic carbocycles. The van der Waals surface area contributed by atoms with Gasteiger partial charge in [0.05, 0.1) is 42.9 Å². The van der Waals surface area contributed by atoms with Gasteiger partial charge in [-0.1, -0.05) is 6.58 Å². The predicted octanol–water partition coefficient (Wildman–Crippen LogP) is -0.646. The van der Waals surface area contributed by atoms with E-state index in [2.05, 4.69) is 11.5 Å². The number of ether oxygens (including phenoxy) is 2. The van der Waals surface area contributed by atoms with Gasteiger partial charge in [0.15, 0.2) is 0 Å². The lowest BCUT2D eigenvalue weighted by Crippen LogP contribution is -2.46. The summed E-state index contributed by atoms with van der Waals surface area (Å²) in [6.07, 6.45) is -0.0644. The third-order valence-electron chi connectivity index (χ3n) is 2.20. The Morgan fingerprint density at radius 3 is 2.80 bits per heavy atom. The molecule has 1 rings (SSSR count). The van der Waals surface area contributed by atoms with Crippen molar-refractivity contribution in [1.82, 2.24) is 4.90 Å². The highest BCUT2D eigenvalue weighted by molar-refractivity contribution is 6.58. The largest absolute Gasteiger partial charge is 0.400 e. The SMILES string of the molecule is [B]C([B])([B])OCC1CN(C(=C)C)CCO1. The van der Waals surface area contributed by atoms with Crippen molar-refractivity contribution in [2.75, 3.05) is 26.3 Å². The van der Waals surface area contributed by atoms with Crippen LogP contribution in [0.5, 0.6) is 0 Å². The van der Waals surface area contributed by atoms with Crippen LogP contribution in [-0.4, -0.2) is 66.1 Å². The first kappa shape index (κ1) is 12.7. The van der Waals surface area contributed by atoms with Crippen LogP contribution in [0.2, 0.25) is 0 Å². The van der Waals surface area contributed by atoms with E-state index in [1.165, 1.54) is 0 Å². The summed E-state index contributed by atoms with van der Waals surface area (Å²) in [5.74, 6) is 0. The molecule has 6 radical (unpaired) electrons. The summed E-state index contributed by atoms with van der Waals surface area (Å²) < 4.78 is 10.5. The Morgan fingerprint density at radius 2 is 2.27 bits per heavy atom. The molecule has 15 heavy (non-hydrogen) atoms. The van der Waals surface area contributed by atoms with Crippen molar-refractivity contribution in [1.29, 1.82) is 0 Å². The fraction of sp³-hybridized carbons (Fsp3) is 0.778. The average Bonchev–Trinajstić information content (AvgIpc) is 2.14. The smallest absolute Gasteiger partial charge is 0.0982 e. The maximum absolute atomic E-state index is 5.48. The second-order valence-electron chi connectivity index (χ2n) is 3.84. The van der Waals surface area contributed by atoms with Crippen molar-refractivity contribution in [3.63, 3.8) is 0 Å². The fourth-order valence-electron chi connectivity index (χ4n) is 1.40. The normalized spacial score (nSPS) is 22.7. The zero-order chi connectivity index (χ0) is 11.5. The lowest BCUT2D eigenvalue weighted by Gasteiger charge is -2.36. The van der Waals surface area contributed by atoms with E-state index >= 15 is 0 Å². The number of hydrogen-bond acceptors (Lipinski definition) is 3. The molecule has 0 amide bonds. The van der Waals surface area contributed by atoms with E-state index in [-0.39, 0.29) is 12.7 Å². The number of hydrogen-bond donors (Lipinski definition) is 0. The molecule has 1 heterocycles. The molecule has 0 aliphatic carbocycles. The Morgan fingerprint density at radius 1 is 1.60 bits per heavy atom. The molecule has 0 aromatic rings. The van der Waals surface area contributed by atoms with Gasteiger partial charge in [-0.3, -0.25) is 0 Å². The van der Waals surface area contributed by atoms with E-state index in [0.717, 1.165) is 18.8 Å². The van der Waals surface area contributed by atoms with Crippen molar-refractivity contribution in [3.8, 4) is 0 Å². The zero-order valence-electron chi connectivity index (χ0n) is 9.11. The minimum atomic E-state index is -1.59. The summed E-state index contributed by atoms with van der Waals surface area (Å²) in [5, 5.41) is -1.59. The number of allylic oxidation sites excluding steroid dienone is 1. The quantitative estimate of drug-likeness (QED) is 0.564. The van der Waals surface area contributed by atoms with Crippen LogP contribution in [0.3, 0.4) is 0 Å². The molecule has 0 N–H and O–H groups in total. The number of morpholine rings is 1. The average molecular weight is 201 g/mol. The van der Waals surface area contributed by atoms with E-state index in [1.807, 2.05) is 6.92 Å². The van der Waals surface area contributed by atoms with Gasteiger partial charge in [0.25, 0.3) is 0 Å². The van der Waals surface area contributed by atoms with Crippen LogP contribution >= 0.6 is 0 Å². The van der Waals surface area contributed by atoms with E-state index in [9.17, 15) is 0 Å². The summed E-state index contributed by atoms with van der Waals surface area (Å²) in [6, 6.07) is 0. The maximum Gasteiger partial charge on any atom is 0.0982 e. The van der Waals surface area contributed by atoms with Gasteiger partial charge in [-0.05, 0) is 12.2 Å². The molecule has 76 valence electrons. The lowest BCUT2D eigenvalue weighted by atomic mass is 9.52. The van der Waals surface area contributed by atoms with E-state index in [4.69, 9.17) is 33.0 Å². The van der Waals surface area contributed by atoms with Gasteiger partial charge in [-0.15, -0.1) is 0 Å². The number of nitrogens with zero attached hydrogens (tertiary/aromatic N) is 1. The standard InChI is InChI=1S/C9H14B3NO2/c1-7(2)13-3-4-14-8(5-13)6-15-9(10,11)12/h8H,1,3-6H2,2H3. The molecular formula is C9H14B3NO2. The van der Waals surface area contributed by atoms with E-state index < -0.39 is 5.30 Å². The topological polar surface area (TPSA) is 21.7 Å². The van der Waals surface area contributed by atoms with E-state index in [1.54, 1.807) is 0 Å². The van der Waals surface area contributed by atoms with Crippen LogP contribution in [0.15, 0.2) is 12.3 Å². The molecule has 0 saturated carbocycles. The maximum atomic E-state index is 5.48. The molecule has 1 unspecified atom stereocenters. The minimum absolute atomic E-state index is 0.0644. The monoisotopic (exact) mass is 201 g/mol. The lowest BCUT2D eigenvalue weighted by molar-refractivity contribution is -0.0630. The second kappa shape index (κ2) is 5.13. The highest BCUT2D eigenvalue weighted by Gasteiger charge is 2.21. The van der Waals surface area contributed by atoms with Crippen molar-refractivity contribution < 1.29 is 9.47 Å². The highest BCUT2D eigenvalue weighted by atomic mass is 16.5. The molecule has 0 aromatic heterocycles. The van der Waals surface area contributed by atoms with Crippen LogP contribution in [0, 0.1) is 0 Å². The first-order chi connectivity index (χ1) is 6.88. The summed E-state index contributed by atoms with van der Waals surface area (Å²) in [5.41, 5.74) is 1.02. The molecule has 1 aliphatic heterocycles. The van der Waals surface area contributed by atoms with Crippen LogP contribution in [0.25, 0.3) is 0 Å². The molecule has 1 saturated heterocycles. The van der Waals surface area contributed by atoms with Gasteiger partial charge in [0.2, 0.25) is 0 Å². The van der Waals surface area contributed by atoms with Gasteiger partial charge in [0, 0.05) is 18.8 Å². The van der Waals surface area contributed by atoms with E-state index in [0.29, 0.717) is 6.61 Å². The van der Waals surface area contributed by atoms with Crippen molar-refractivity contribution in [3.05, 3.63) is 12.3 Å². The molecule has 6 heteroatoms. The van der Waals surface area contributed by atoms with Gasteiger partial charge in [-0.2, -0.15) is 0 Å². The Balaban J connectivity index is 2.34. The van der Waals surface area contributed by atoms with Gasteiger partial charge in [-0.25, -0.2) is 0 Å². The van der Waals surface area contributed by atoms with Crippen molar-refractivity contribution in [2.45, 2.75) is 18.3 Å². The third kappa shape index (κ3) is 4.80. The number of rotatable bonds is 4. The Labute approximate surface area is 95.4 Å². The Hall–Kier alpha value is -0.345. The molecule has 1 aliphatic rings. The summed E-state index contributed by atoms with van der Waals surface area (Å²) >= 11 is 0. The van der Waals surface area contributed by atoms with Gasteiger partial charge >= 0.3 is 0 Å². The Kier molecular flexibility index (Phi) is 4.35. The molecule has 0 bridgehead atoms. The summed E-state index contributed by atoms with van der Waals surface area (Å²) in [7, 11) is 15.9. The second-order valence-corrected chi connectivity index (χ2v) is 3.84. The molecule has 3 nitrogen and oxygen atoms in total.